The first-order valence-electron chi connectivity index (χ1n) is 22.1. The van der Waals surface area contributed by atoms with Crippen LogP contribution in [0.2, 0.25) is 0 Å². The number of hydrogen-bond acceptors (Lipinski definition) is 3. The van der Waals surface area contributed by atoms with Crippen molar-refractivity contribution in [3.8, 4) is 0 Å². The summed E-state index contributed by atoms with van der Waals surface area (Å²) in [4.78, 5) is 13.7. The minimum Gasteiger partial charge on any atom is -0.311 e. The van der Waals surface area contributed by atoms with Gasteiger partial charge < -0.3 is 4.90 Å². The molecule has 0 spiro atoms. The van der Waals surface area contributed by atoms with E-state index in [9.17, 15) is 0 Å². The summed E-state index contributed by atoms with van der Waals surface area (Å²) in [5.74, 6) is 0. The molecule has 0 unspecified atom stereocenters. The van der Waals surface area contributed by atoms with Gasteiger partial charge in [-0.15, -0.1) is 0 Å². The molecular weight excluding hydrogens is 713 g/mol. The minimum atomic E-state index is -0.695. The molecule has 0 atom stereocenters. The summed E-state index contributed by atoms with van der Waals surface area (Å²) >= 11 is 0. The molecular formula is C55H60BN3. The number of hydrogen-bond donors (Lipinski definition) is 0. The van der Waals surface area contributed by atoms with Crippen LogP contribution in [0.4, 0.5) is 17.1 Å². The van der Waals surface area contributed by atoms with Crippen molar-refractivity contribution in [2.45, 2.75) is 134 Å². The quantitative estimate of drug-likeness (QED) is 0.167. The maximum absolute atomic E-state index is 5.61. The molecule has 4 aromatic carbocycles. The van der Waals surface area contributed by atoms with Gasteiger partial charge in [-0.3, -0.25) is 9.97 Å². The first-order chi connectivity index (χ1) is 27.9. The van der Waals surface area contributed by atoms with Crippen molar-refractivity contribution < 1.29 is 0 Å². The molecule has 0 bridgehead atoms. The van der Waals surface area contributed by atoms with Crippen molar-refractivity contribution in [2.75, 3.05) is 4.90 Å². The summed E-state index contributed by atoms with van der Waals surface area (Å²) in [7, 11) is 0. The number of aromatic nitrogens is 2. The second kappa shape index (κ2) is 12.5. The Kier molecular flexibility index (Phi) is 8.13. The lowest BCUT2D eigenvalue weighted by atomic mass is 9.29. The van der Waals surface area contributed by atoms with Gasteiger partial charge in [-0.05, 0) is 121 Å². The van der Waals surface area contributed by atoms with E-state index in [2.05, 4.69) is 197 Å². The molecule has 0 radical (unpaired) electrons. The SMILES string of the molecule is CC(C)(C)c1cc2c(cn1)C(c1ccccc1)(c1ccccc1)c1nccc3c1B2c1cc2c(cc1N3c1cccc3c1C(C)(C)CCC3(C)C)C(C)(C)CCC2(C)C. The fourth-order valence-electron chi connectivity index (χ4n) is 11.7. The molecule has 0 saturated heterocycles. The Morgan fingerprint density at radius 2 is 1.10 bits per heavy atom. The van der Waals surface area contributed by atoms with Gasteiger partial charge >= 0.3 is 0 Å². The summed E-state index contributed by atoms with van der Waals surface area (Å²) in [5, 5.41) is 0. The van der Waals surface area contributed by atoms with Gasteiger partial charge in [0.1, 0.15) is 0 Å². The van der Waals surface area contributed by atoms with Crippen molar-refractivity contribution in [2.24, 2.45) is 0 Å². The Morgan fingerprint density at radius 1 is 0.525 bits per heavy atom. The smallest absolute Gasteiger partial charge is 0.249 e. The summed E-state index contributed by atoms with van der Waals surface area (Å²) < 4.78 is 0. The van der Waals surface area contributed by atoms with Crippen LogP contribution in [-0.4, -0.2) is 16.7 Å². The molecule has 0 fully saturated rings. The molecule has 298 valence electrons. The highest BCUT2D eigenvalue weighted by atomic mass is 15.2. The summed E-state index contributed by atoms with van der Waals surface area (Å²) in [5.41, 5.74) is 19.0. The summed E-state index contributed by atoms with van der Waals surface area (Å²) in [6.45, 7) is 26.6. The fraction of sp³-hybridized carbons (Fsp3) is 0.382. The third kappa shape index (κ3) is 5.40. The molecule has 4 aliphatic rings. The minimum absolute atomic E-state index is 0.00126. The van der Waals surface area contributed by atoms with E-state index >= 15 is 0 Å². The van der Waals surface area contributed by atoms with Crippen LogP contribution in [0.3, 0.4) is 0 Å². The van der Waals surface area contributed by atoms with Gasteiger partial charge in [-0.1, -0.05) is 160 Å². The number of nitrogens with zero attached hydrogens (tertiary/aromatic N) is 3. The average Bonchev–Trinajstić information content (AvgIpc) is 3.21. The molecule has 6 aromatic rings. The number of benzene rings is 4. The lowest BCUT2D eigenvalue weighted by Gasteiger charge is -2.50. The van der Waals surface area contributed by atoms with Gasteiger partial charge in [-0.25, -0.2) is 0 Å². The van der Waals surface area contributed by atoms with Crippen LogP contribution in [-0.2, 0) is 32.5 Å². The Hall–Kier alpha value is -4.96. The fourth-order valence-corrected chi connectivity index (χ4v) is 11.7. The second-order valence-corrected chi connectivity index (χ2v) is 21.9. The van der Waals surface area contributed by atoms with Gasteiger partial charge in [0.25, 0.3) is 0 Å². The monoisotopic (exact) mass is 773 g/mol. The van der Waals surface area contributed by atoms with Crippen molar-refractivity contribution in [3.05, 3.63) is 166 Å². The molecule has 0 amide bonds. The summed E-state index contributed by atoms with van der Waals surface area (Å²) in [6, 6.07) is 39.5. The highest BCUT2D eigenvalue weighted by Crippen LogP contribution is 2.55. The zero-order valence-electron chi connectivity index (χ0n) is 37.2. The molecule has 4 heteroatoms. The molecule has 2 aliphatic heterocycles. The molecule has 0 saturated carbocycles. The van der Waals surface area contributed by atoms with E-state index in [0.717, 1.165) is 17.8 Å². The van der Waals surface area contributed by atoms with E-state index < -0.39 is 5.41 Å². The molecule has 59 heavy (non-hydrogen) atoms. The third-order valence-corrected chi connectivity index (χ3v) is 15.3. The number of pyridine rings is 2. The largest absolute Gasteiger partial charge is 0.311 e. The number of anilines is 3. The maximum Gasteiger partial charge on any atom is 0.249 e. The van der Waals surface area contributed by atoms with Crippen LogP contribution in [0.15, 0.2) is 116 Å². The predicted octanol–water partition coefficient (Wildman–Crippen LogP) is 11.5. The normalized spacial score (nSPS) is 19.8. The van der Waals surface area contributed by atoms with E-state index in [1.54, 1.807) is 0 Å². The standard InChI is InChI=1S/C55H60BN3/c1-50(2,3)46-33-41-40(34-58-46)55(35-19-14-12-15-20-35,36-21-16-13-17-22-36)49-48-44(25-30-57-49)59(43-24-18-23-37-47(43)54(10,11)29-28-51(37,4)5)45-32-39-38(31-42(45)56(41)48)52(6,7)26-27-53(39,8)9/h12-25,30-34H,26-29H2,1-11H3. The van der Waals surface area contributed by atoms with E-state index in [-0.39, 0.29) is 33.8 Å². The number of fused-ring (bicyclic) bond motifs is 6. The Balaban J connectivity index is 1.41. The van der Waals surface area contributed by atoms with Gasteiger partial charge in [0.15, 0.2) is 0 Å². The molecule has 0 N–H and O–H groups in total. The van der Waals surface area contributed by atoms with Crippen LogP contribution in [0.1, 0.15) is 152 Å². The lowest BCUT2D eigenvalue weighted by molar-refractivity contribution is 0.332. The van der Waals surface area contributed by atoms with Crippen LogP contribution < -0.4 is 21.3 Å². The Bertz CT molecular complexity index is 2620. The van der Waals surface area contributed by atoms with Crippen LogP contribution in [0, 0.1) is 0 Å². The Labute approximate surface area is 353 Å². The van der Waals surface area contributed by atoms with Crippen LogP contribution in [0.25, 0.3) is 0 Å². The predicted molar refractivity (Wildman–Crippen MR) is 249 cm³/mol. The zero-order chi connectivity index (χ0) is 41.5. The molecule has 3 nitrogen and oxygen atoms in total. The van der Waals surface area contributed by atoms with Gasteiger partial charge in [0.2, 0.25) is 6.71 Å². The van der Waals surface area contributed by atoms with E-state index in [4.69, 9.17) is 9.97 Å². The van der Waals surface area contributed by atoms with Crippen LogP contribution >= 0.6 is 0 Å². The van der Waals surface area contributed by atoms with Crippen molar-refractivity contribution >= 4 is 40.2 Å². The zero-order valence-corrected chi connectivity index (χ0v) is 37.2. The third-order valence-electron chi connectivity index (χ3n) is 15.3. The first kappa shape index (κ1) is 38.3. The summed E-state index contributed by atoms with van der Waals surface area (Å²) in [6.07, 6.45) is 8.98. The highest BCUT2D eigenvalue weighted by Gasteiger charge is 2.54. The second-order valence-electron chi connectivity index (χ2n) is 21.9. The van der Waals surface area contributed by atoms with Crippen molar-refractivity contribution in [1.82, 2.24) is 9.97 Å². The van der Waals surface area contributed by atoms with Gasteiger partial charge in [0, 0.05) is 34.9 Å². The highest BCUT2D eigenvalue weighted by molar-refractivity contribution is 6.99. The maximum atomic E-state index is 5.61. The molecule has 2 aliphatic carbocycles. The first-order valence-corrected chi connectivity index (χ1v) is 22.1. The van der Waals surface area contributed by atoms with Gasteiger partial charge in [-0.2, -0.15) is 0 Å². The van der Waals surface area contributed by atoms with E-state index in [1.807, 2.05) is 0 Å². The van der Waals surface area contributed by atoms with Crippen molar-refractivity contribution in [1.29, 1.82) is 0 Å². The van der Waals surface area contributed by atoms with Crippen LogP contribution in [0.5, 0.6) is 0 Å². The lowest BCUT2D eigenvalue weighted by Crippen LogP contribution is -2.66. The van der Waals surface area contributed by atoms with Gasteiger partial charge in [0.05, 0.1) is 16.8 Å². The topological polar surface area (TPSA) is 29.0 Å². The van der Waals surface area contributed by atoms with E-state index in [1.165, 1.54) is 91.7 Å². The molecule has 2 aromatic heterocycles. The molecule has 4 heterocycles. The van der Waals surface area contributed by atoms with E-state index in [0.29, 0.717) is 0 Å². The average molecular weight is 774 g/mol. The molecule has 10 rings (SSSR count). The Morgan fingerprint density at radius 3 is 1.71 bits per heavy atom. The number of rotatable bonds is 3. The van der Waals surface area contributed by atoms with Crippen molar-refractivity contribution in [3.63, 3.8) is 0 Å².